The van der Waals surface area contributed by atoms with E-state index < -0.39 is 5.60 Å². The molecule has 7 heteroatoms. The summed E-state index contributed by atoms with van der Waals surface area (Å²) in [7, 11) is 0. The van der Waals surface area contributed by atoms with E-state index >= 15 is 0 Å². The fraction of sp³-hybridized carbons (Fsp3) is 0.450. The van der Waals surface area contributed by atoms with Crippen LogP contribution in [0.1, 0.15) is 34.6 Å². The van der Waals surface area contributed by atoms with Crippen molar-refractivity contribution in [3.05, 3.63) is 47.3 Å². The lowest BCUT2D eigenvalue weighted by molar-refractivity contribution is -0.135. The Hall–Kier alpha value is -2.83. The second-order valence-electron chi connectivity index (χ2n) is 7.43. The van der Waals surface area contributed by atoms with Gasteiger partial charge in [-0.2, -0.15) is 5.10 Å². The van der Waals surface area contributed by atoms with Crippen molar-refractivity contribution in [1.82, 2.24) is 20.0 Å². The first-order valence-corrected chi connectivity index (χ1v) is 9.31. The molecule has 1 spiro atoms. The summed E-state index contributed by atoms with van der Waals surface area (Å²) in [5.41, 5.74) is 2.01. The number of aromatic nitrogens is 2. The van der Waals surface area contributed by atoms with Crippen molar-refractivity contribution in [1.29, 1.82) is 0 Å². The number of ether oxygens (including phenoxy) is 1. The summed E-state index contributed by atoms with van der Waals surface area (Å²) in [6.45, 7) is 5.81. The van der Waals surface area contributed by atoms with Crippen LogP contribution in [-0.4, -0.2) is 51.7 Å². The van der Waals surface area contributed by atoms with E-state index in [-0.39, 0.29) is 18.4 Å². The average Bonchev–Trinajstić information content (AvgIpc) is 2.90. The van der Waals surface area contributed by atoms with Crippen LogP contribution in [0.15, 0.2) is 30.3 Å². The molecule has 0 unspecified atom stereocenters. The minimum Gasteiger partial charge on any atom is -0.484 e. The largest absolute Gasteiger partial charge is 0.484 e. The number of carbonyl (C=O) groups is 2. The van der Waals surface area contributed by atoms with Gasteiger partial charge in [-0.05, 0) is 32.0 Å². The van der Waals surface area contributed by atoms with E-state index in [1.807, 2.05) is 43.0 Å². The summed E-state index contributed by atoms with van der Waals surface area (Å²) in [5.74, 6) is 0.578. The zero-order valence-electron chi connectivity index (χ0n) is 15.7. The molecule has 4 rings (SSSR count). The molecule has 2 amide bonds. The number of carbonyl (C=O) groups excluding carboxylic acids is 2. The van der Waals surface area contributed by atoms with Gasteiger partial charge in [0.25, 0.3) is 5.91 Å². The maximum absolute atomic E-state index is 12.7. The quantitative estimate of drug-likeness (QED) is 0.875. The number of fused-ring (bicyclic) bond motifs is 1. The topological polar surface area (TPSA) is 76.5 Å². The average molecular weight is 368 g/mol. The SMILES string of the molecule is Cc1cc(C)n(CC(=O)N2CCC3(CC2)CNC(=O)c2ccccc2O3)n1. The van der Waals surface area contributed by atoms with Gasteiger partial charge in [-0.15, -0.1) is 0 Å². The standard InChI is InChI=1S/C20H24N4O3/c1-14-11-15(2)24(22-14)12-18(25)23-9-7-20(8-10-23)13-21-19(26)16-5-3-4-6-17(16)27-20/h3-6,11H,7-10,12-13H2,1-2H3,(H,21,26). The van der Waals surface area contributed by atoms with Crippen molar-refractivity contribution in [3.8, 4) is 5.75 Å². The first-order valence-electron chi connectivity index (χ1n) is 9.31. The molecule has 0 radical (unpaired) electrons. The van der Waals surface area contributed by atoms with Crippen molar-refractivity contribution in [2.45, 2.75) is 38.8 Å². The second kappa shape index (κ2) is 6.72. The first kappa shape index (κ1) is 17.6. The van der Waals surface area contributed by atoms with Crippen LogP contribution in [0.2, 0.25) is 0 Å². The van der Waals surface area contributed by atoms with E-state index in [0.29, 0.717) is 43.8 Å². The van der Waals surface area contributed by atoms with Gasteiger partial charge in [0.15, 0.2) is 0 Å². The third kappa shape index (κ3) is 3.41. The normalized spacial score (nSPS) is 18.4. The van der Waals surface area contributed by atoms with Gasteiger partial charge in [-0.1, -0.05) is 12.1 Å². The zero-order valence-corrected chi connectivity index (χ0v) is 15.7. The molecule has 27 heavy (non-hydrogen) atoms. The molecule has 142 valence electrons. The summed E-state index contributed by atoms with van der Waals surface area (Å²) in [5, 5.41) is 7.34. The number of nitrogens with one attached hydrogen (secondary N) is 1. The van der Waals surface area contributed by atoms with E-state index in [4.69, 9.17) is 4.74 Å². The molecule has 1 N–H and O–H groups in total. The third-order valence-corrected chi connectivity index (χ3v) is 5.45. The minimum absolute atomic E-state index is 0.0640. The molecule has 1 aromatic heterocycles. The lowest BCUT2D eigenvalue weighted by atomic mass is 9.91. The fourth-order valence-electron chi connectivity index (χ4n) is 3.85. The Labute approximate surface area is 158 Å². The molecule has 7 nitrogen and oxygen atoms in total. The zero-order chi connectivity index (χ0) is 19.0. The van der Waals surface area contributed by atoms with Crippen LogP contribution in [0.25, 0.3) is 0 Å². The first-order chi connectivity index (χ1) is 13.0. The van der Waals surface area contributed by atoms with Crippen LogP contribution in [0.5, 0.6) is 5.75 Å². The number of hydrogen-bond acceptors (Lipinski definition) is 4. The van der Waals surface area contributed by atoms with Gasteiger partial charge in [0.2, 0.25) is 5.91 Å². The van der Waals surface area contributed by atoms with Gasteiger partial charge in [-0.25, -0.2) is 0 Å². The molecule has 1 fully saturated rings. The maximum Gasteiger partial charge on any atom is 0.255 e. The van der Waals surface area contributed by atoms with E-state index in [1.165, 1.54) is 0 Å². The predicted molar refractivity (Wildman–Crippen MR) is 99.6 cm³/mol. The highest BCUT2D eigenvalue weighted by Gasteiger charge is 2.40. The van der Waals surface area contributed by atoms with Crippen LogP contribution in [0, 0.1) is 13.8 Å². The van der Waals surface area contributed by atoms with E-state index in [1.54, 1.807) is 10.7 Å². The van der Waals surface area contributed by atoms with E-state index in [9.17, 15) is 9.59 Å². The smallest absolute Gasteiger partial charge is 0.255 e. The number of hydrogen-bond donors (Lipinski definition) is 1. The summed E-state index contributed by atoms with van der Waals surface area (Å²) >= 11 is 0. The fourth-order valence-corrected chi connectivity index (χ4v) is 3.85. The van der Waals surface area contributed by atoms with Gasteiger partial charge < -0.3 is 15.0 Å². The van der Waals surface area contributed by atoms with E-state index in [2.05, 4.69) is 10.4 Å². The number of para-hydroxylation sites is 1. The summed E-state index contributed by atoms with van der Waals surface area (Å²) in [6, 6.07) is 9.29. The van der Waals surface area contributed by atoms with Crippen molar-refractivity contribution >= 4 is 11.8 Å². The molecule has 2 aromatic rings. The molecular formula is C20H24N4O3. The summed E-state index contributed by atoms with van der Waals surface area (Å²) < 4.78 is 8.04. The number of amides is 2. The number of likely N-dealkylation sites (tertiary alicyclic amines) is 1. The number of rotatable bonds is 2. The van der Waals surface area contributed by atoms with Crippen molar-refractivity contribution in [3.63, 3.8) is 0 Å². The van der Waals surface area contributed by atoms with Gasteiger partial charge in [0.1, 0.15) is 17.9 Å². The van der Waals surface area contributed by atoms with Gasteiger partial charge in [-0.3, -0.25) is 14.3 Å². The van der Waals surface area contributed by atoms with Crippen LogP contribution in [-0.2, 0) is 11.3 Å². The van der Waals surface area contributed by atoms with Gasteiger partial charge in [0.05, 0.1) is 17.8 Å². The second-order valence-corrected chi connectivity index (χ2v) is 7.43. The van der Waals surface area contributed by atoms with Crippen LogP contribution in [0.3, 0.4) is 0 Å². The number of benzene rings is 1. The van der Waals surface area contributed by atoms with Crippen LogP contribution >= 0.6 is 0 Å². The van der Waals surface area contributed by atoms with Crippen LogP contribution in [0.4, 0.5) is 0 Å². The highest BCUT2D eigenvalue weighted by Crippen LogP contribution is 2.32. The molecule has 1 aromatic carbocycles. The van der Waals surface area contributed by atoms with E-state index in [0.717, 1.165) is 11.4 Å². The number of nitrogens with zero attached hydrogens (tertiary/aromatic N) is 3. The Morgan fingerprint density at radius 3 is 2.70 bits per heavy atom. The molecular weight excluding hydrogens is 344 g/mol. The Bertz CT molecular complexity index is 881. The number of piperidine rings is 1. The highest BCUT2D eigenvalue weighted by molar-refractivity contribution is 5.97. The van der Waals surface area contributed by atoms with Crippen molar-refractivity contribution in [2.75, 3.05) is 19.6 Å². The Balaban J connectivity index is 1.43. The van der Waals surface area contributed by atoms with Gasteiger partial charge >= 0.3 is 0 Å². The number of aryl methyl sites for hydroxylation is 2. The maximum atomic E-state index is 12.7. The Kier molecular flexibility index (Phi) is 4.37. The summed E-state index contributed by atoms with van der Waals surface area (Å²) in [6.07, 6.45) is 1.37. The summed E-state index contributed by atoms with van der Waals surface area (Å²) in [4.78, 5) is 26.8. The third-order valence-electron chi connectivity index (χ3n) is 5.45. The minimum atomic E-state index is -0.461. The predicted octanol–water partition coefficient (Wildman–Crippen LogP) is 1.68. The molecule has 0 atom stereocenters. The lowest BCUT2D eigenvalue weighted by Crippen LogP contribution is -2.54. The highest BCUT2D eigenvalue weighted by atomic mass is 16.5. The van der Waals surface area contributed by atoms with Crippen molar-refractivity contribution in [2.24, 2.45) is 0 Å². The molecule has 0 bridgehead atoms. The molecule has 0 saturated carbocycles. The molecule has 3 heterocycles. The molecule has 0 aliphatic carbocycles. The van der Waals surface area contributed by atoms with Crippen LogP contribution < -0.4 is 10.1 Å². The molecule has 2 aliphatic rings. The monoisotopic (exact) mass is 368 g/mol. The molecule has 2 aliphatic heterocycles. The lowest BCUT2D eigenvalue weighted by Gasteiger charge is -2.41. The van der Waals surface area contributed by atoms with Crippen molar-refractivity contribution < 1.29 is 14.3 Å². The Morgan fingerprint density at radius 2 is 2.00 bits per heavy atom. The van der Waals surface area contributed by atoms with Gasteiger partial charge in [0, 0.05) is 31.6 Å². The molecule has 1 saturated heterocycles. The Morgan fingerprint density at radius 1 is 1.26 bits per heavy atom.